The first-order chi connectivity index (χ1) is 8.15. The first-order valence-corrected chi connectivity index (χ1v) is 6.65. The van der Waals surface area contributed by atoms with Crippen LogP contribution in [-0.2, 0) is 0 Å². The van der Waals surface area contributed by atoms with Gasteiger partial charge in [-0.25, -0.2) is 0 Å². The van der Waals surface area contributed by atoms with Crippen LogP contribution in [-0.4, -0.2) is 28.3 Å². The molecule has 0 unspecified atom stereocenters. The number of hydrogen-bond acceptors (Lipinski definition) is 2. The van der Waals surface area contributed by atoms with E-state index < -0.39 is 0 Å². The smallest absolute Gasteiger partial charge is 0.189 e. The van der Waals surface area contributed by atoms with Gasteiger partial charge in [0, 0.05) is 16.7 Å². The normalized spacial score (nSPS) is 14.4. The Morgan fingerprint density at radius 3 is 2.65 bits per heavy atom. The van der Waals surface area contributed by atoms with E-state index in [1.165, 1.54) is 0 Å². The molecule has 1 aliphatic rings. The van der Waals surface area contributed by atoms with Crippen LogP contribution in [0.2, 0.25) is 0 Å². The fraction of sp³-hybridized carbons (Fsp3) is 0.200. The lowest BCUT2D eigenvalue weighted by Gasteiger charge is -2.20. The predicted molar refractivity (Wildman–Crippen MR) is 80.8 cm³/mol. The van der Waals surface area contributed by atoms with E-state index in [2.05, 4.69) is 32.0 Å². The Bertz CT molecular complexity index is 434. The Hall–Kier alpha value is -0.920. The van der Waals surface area contributed by atoms with Crippen molar-refractivity contribution in [2.24, 2.45) is 0 Å². The second-order valence-corrected chi connectivity index (χ2v) is 5.17. The Kier molecular flexibility index (Phi) is 4.14. The maximum absolute atomic E-state index is 5.20. The van der Waals surface area contributed by atoms with Crippen molar-refractivity contribution < 1.29 is 0 Å². The van der Waals surface area contributed by atoms with Crippen molar-refractivity contribution >= 4 is 56.3 Å². The second kappa shape index (κ2) is 5.61. The summed E-state index contributed by atoms with van der Waals surface area (Å²) in [7, 11) is 0. The van der Waals surface area contributed by atoms with Crippen molar-refractivity contribution in [2.75, 3.05) is 18.4 Å². The Labute approximate surface area is 119 Å². The van der Waals surface area contributed by atoms with Gasteiger partial charge in [0.2, 0.25) is 0 Å². The highest BCUT2D eigenvalue weighted by Gasteiger charge is 2.16. The molecule has 1 aliphatic heterocycles. The third-order valence-electron chi connectivity index (χ3n) is 2.20. The van der Waals surface area contributed by atoms with Crippen molar-refractivity contribution in [1.82, 2.24) is 15.8 Å². The van der Waals surface area contributed by atoms with Crippen LogP contribution >= 0.6 is 40.4 Å². The van der Waals surface area contributed by atoms with Gasteiger partial charge in [0.05, 0.1) is 6.54 Å². The quantitative estimate of drug-likeness (QED) is 0.719. The van der Waals surface area contributed by atoms with Crippen LogP contribution in [0.5, 0.6) is 0 Å². The number of halogens is 1. The highest BCUT2D eigenvalue weighted by molar-refractivity contribution is 9.10. The zero-order valence-electron chi connectivity index (χ0n) is 8.87. The zero-order valence-corrected chi connectivity index (χ0v) is 12.1. The lowest BCUT2D eigenvalue weighted by molar-refractivity contribution is 0.426. The summed E-state index contributed by atoms with van der Waals surface area (Å²) in [5, 5.41) is 9.14. The summed E-state index contributed by atoms with van der Waals surface area (Å²) < 4.78 is 1.03. The summed E-state index contributed by atoms with van der Waals surface area (Å²) in [4.78, 5) is 0. The molecule has 0 bridgehead atoms. The van der Waals surface area contributed by atoms with Gasteiger partial charge in [-0.3, -0.25) is 10.4 Å². The van der Waals surface area contributed by atoms with Gasteiger partial charge in [-0.2, -0.15) is 0 Å². The van der Waals surface area contributed by atoms with Crippen LogP contribution in [0, 0.1) is 0 Å². The number of anilines is 1. The van der Waals surface area contributed by atoms with E-state index in [0.29, 0.717) is 10.2 Å². The van der Waals surface area contributed by atoms with Crippen LogP contribution < -0.4 is 16.1 Å². The predicted octanol–water partition coefficient (Wildman–Crippen LogP) is 1.84. The molecule has 7 heteroatoms. The Balaban J connectivity index is 1.88. The molecule has 0 atom stereocenters. The Morgan fingerprint density at radius 1 is 1.35 bits per heavy atom. The molecule has 1 saturated heterocycles. The summed E-state index contributed by atoms with van der Waals surface area (Å²) in [6, 6.07) is 7.79. The summed E-state index contributed by atoms with van der Waals surface area (Å²) >= 11 is 13.7. The van der Waals surface area contributed by atoms with Gasteiger partial charge < -0.3 is 10.6 Å². The molecule has 0 spiro atoms. The van der Waals surface area contributed by atoms with Gasteiger partial charge in [0.1, 0.15) is 0 Å². The van der Waals surface area contributed by atoms with E-state index in [1.807, 2.05) is 29.3 Å². The molecule has 0 aromatic heterocycles. The molecule has 0 saturated carbocycles. The summed E-state index contributed by atoms with van der Waals surface area (Å²) in [5.41, 5.74) is 3.96. The minimum absolute atomic E-state index is 0.526. The molecule has 90 valence electrons. The molecule has 1 fully saturated rings. The molecule has 3 N–H and O–H groups in total. The molecule has 0 radical (unpaired) electrons. The first-order valence-electron chi connectivity index (χ1n) is 5.04. The number of hydrogen-bond donors (Lipinski definition) is 3. The highest BCUT2D eigenvalue weighted by Crippen LogP contribution is 2.13. The topological polar surface area (TPSA) is 39.3 Å². The van der Waals surface area contributed by atoms with E-state index in [-0.39, 0.29) is 0 Å². The number of nitrogens with zero attached hydrogens (tertiary/aromatic N) is 1. The van der Waals surface area contributed by atoms with E-state index >= 15 is 0 Å². The molecule has 1 aromatic carbocycles. The summed E-state index contributed by atoms with van der Waals surface area (Å²) in [6.45, 7) is 1.65. The van der Waals surface area contributed by atoms with E-state index in [4.69, 9.17) is 24.4 Å². The van der Waals surface area contributed by atoms with E-state index in [1.54, 1.807) is 0 Å². The fourth-order valence-corrected chi connectivity index (χ4v) is 2.12. The standard InChI is InChI=1S/C10H11BrN4S2/c11-7-1-3-8(4-2-7)13-9(16)14-15-6-5-12-10(15)17/h1-4H,5-6H2,(H,12,17)(H2,13,14,16). The van der Waals surface area contributed by atoms with Crippen molar-refractivity contribution in [1.29, 1.82) is 0 Å². The van der Waals surface area contributed by atoms with Gasteiger partial charge in [-0.1, -0.05) is 15.9 Å². The van der Waals surface area contributed by atoms with E-state index in [0.717, 1.165) is 23.2 Å². The van der Waals surface area contributed by atoms with E-state index in [9.17, 15) is 0 Å². The maximum atomic E-state index is 5.20. The molecule has 17 heavy (non-hydrogen) atoms. The van der Waals surface area contributed by atoms with Crippen LogP contribution in [0.1, 0.15) is 0 Å². The second-order valence-electron chi connectivity index (χ2n) is 3.46. The summed E-state index contributed by atoms with van der Waals surface area (Å²) in [6.07, 6.45) is 0. The average molecular weight is 331 g/mol. The van der Waals surface area contributed by atoms with Crippen LogP contribution in [0.3, 0.4) is 0 Å². The highest BCUT2D eigenvalue weighted by atomic mass is 79.9. The van der Waals surface area contributed by atoms with Crippen molar-refractivity contribution in [3.05, 3.63) is 28.7 Å². The molecule has 0 aliphatic carbocycles. The van der Waals surface area contributed by atoms with Gasteiger partial charge in [-0.05, 0) is 48.7 Å². The zero-order chi connectivity index (χ0) is 12.3. The molecule has 1 aromatic rings. The molecule has 1 heterocycles. The van der Waals surface area contributed by atoms with Crippen molar-refractivity contribution in [3.63, 3.8) is 0 Å². The van der Waals surface area contributed by atoms with Crippen LogP contribution in [0.4, 0.5) is 5.69 Å². The van der Waals surface area contributed by atoms with Crippen LogP contribution in [0.15, 0.2) is 28.7 Å². The number of benzene rings is 1. The lowest BCUT2D eigenvalue weighted by atomic mass is 10.3. The Morgan fingerprint density at radius 2 is 2.06 bits per heavy atom. The van der Waals surface area contributed by atoms with Gasteiger partial charge in [-0.15, -0.1) is 0 Å². The molecular formula is C10H11BrN4S2. The minimum atomic E-state index is 0.526. The third kappa shape index (κ3) is 3.52. The molecule has 2 rings (SSSR count). The maximum Gasteiger partial charge on any atom is 0.189 e. The van der Waals surface area contributed by atoms with Crippen molar-refractivity contribution in [3.8, 4) is 0 Å². The van der Waals surface area contributed by atoms with Crippen LogP contribution in [0.25, 0.3) is 0 Å². The number of hydrazine groups is 1. The lowest BCUT2D eigenvalue weighted by Crippen LogP contribution is -2.45. The molecule has 0 amide bonds. The third-order valence-corrected chi connectivity index (χ3v) is 3.28. The monoisotopic (exact) mass is 330 g/mol. The minimum Gasteiger partial charge on any atom is -0.359 e. The molecular weight excluding hydrogens is 320 g/mol. The van der Waals surface area contributed by atoms with Gasteiger partial charge in [0.15, 0.2) is 10.2 Å². The fourth-order valence-electron chi connectivity index (χ4n) is 1.39. The summed E-state index contributed by atoms with van der Waals surface area (Å²) in [5.74, 6) is 0. The number of nitrogens with one attached hydrogen (secondary N) is 3. The average Bonchev–Trinajstić information content (AvgIpc) is 2.68. The molecule has 4 nitrogen and oxygen atoms in total. The van der Waals surface area contributed by atoms with Gasteiger partial charge >= 0.3 is 0 Å². The van der Waals surface area contributed by atoms with Crippen molar-refractivity contribution in [2.45, 2.75) is 0 Å². The SMILES string of the molecule is S=C(Nc1ccc(Br)cc1)NN1CCNC1=S. The first kappa shape index (κ1) is 12.5. The largest absolute Gasteiger partial charge is 0.359 e. The number of thiocarbonyl (C=S) groups is 2. The number of rotatable bonds is 2. The van der Waals surface area contributed by atoms with Gasteiger partial charge in [0.25, 0.3) is 0 Å².